The van der Waals surface area contributed by atoms with Crippen LogP contribution >= 0.6 is 0 Å². The molecule has 0 saturated heterocycles. The number of likely N-dealkylation sites (N-methyl/N-ethyl adjacent to an activating group) is 2. The van der Waals surface area contributed by atoms with Gasteiger partial charge in [0.05, 0.1) is 34.9 Å². The Hall–Kier alpha value is -5.56. The maximum atomic E-state index is 14.5. The SMILES string of the molecule is CC[C@H](C)C([C@@H](CC(OC)N1CCC=C1[C@H](OC)[C@@H](C)C(=O)NS(=O)(=O)c1ccc(NC(=O)[C@H](CCCNC(N)=O)CNC(=O)[C@@H](NC(=O)OC(C)(C)C)C(C)C)cc1)OC)N(C)C(=O)[C@@H](NC(=O)[C@H](C(C)C)N(C)C)C(C)C. The smallest absolute Gasteiger partial charge is 0.408 e. The standard InChI is InChI=1S/C55H96N10O13S/c1-19-35(8)46(64(15)52(70)44(33(4)5)60-51(69)45(34(6)7)63(13)14)41(75-16)30-42(76-17)65-29-21-23-40(65)47(77-18)36(9)48(66)62-79(73,74)39-26-24-38(25-27-39)59-49(67)37(22-20-28-57-53(56)71)31-58-50(68)43(32(2)3)61-54(72)78-55(10,11)12/h23-27,32-37,41-47H,19-22,28-31H2,1-18H3,(H,58,68)(H,59,67)(H,60,69)(H,61,72)(H,62,66)(H3,56,57,71)/t35-,36+,37+,41+,42?,43-,44-,45-,46?,47+/m0/s1. The van der Waals surface area contributed by atoms with Crippen LogP contribution in [0.15, 0.2) is 40.9 Å². The van der Waals surface area contributed by atoms with Crippen molar-refractivity contribution < 1.29 is 60.9 Å². The molecule has 8 N–H and O–H groups in total. The first-order valence-electron chi connectivity index (χ1n) is 27.3. The van der Waals surface area contributed by atoms with Crippen molar-refractivity contribution in [3.63, 3.8) is 0 Å². The lowest BCUT2D eigenvalue weighted by Gasteiger charge is -2.43. The third-order valence-electron chi connectivity index (χ3n) is 14.1. The number of nitrogens with zero attached hydrogens (tertiary/aromatic N) is 3. The first-order valence-corrected chi connectivity index (χ1v) is 28.8. The molecule has 1 aliphatic heterocycles. The number of rotatable bonds is 32. The van der Waals surface area contributed by atoms with E-state index in [1.807, 2.05) is 71.5 Å². The number of primary amides is 1. The van der Waals surface area contributed by atoms with Crippen LogP contribution in [0, 0.1) is 35.5 Å². The summed E-state index contributed by atoms with van der Waals surface area (Å²) < 4.78 is 53.3. The van der Waals surface area contributed by atoms with Crippen LogP contribution in [0.1, 0.15) is 115 Å². The Labute approximate surface area is 470 Å². The first-order chi connectivity index (χ1) is 36.8. The predicted octanol–water partition coefficient (Wildman–Crippen LogP) is 4.38. The second-order valence-corrected chi connectivity index (χ2v) is 24.4. The summed E-state index contributed by atoms with van der Waals surface area (Å²) in [5.74, 6) is -4.86. The molecule has 24 heteroatoms. The minimum absolute atomic E-state index is 0.00664. The number of nitrogens with two attached hydrogens (primary N) is 1. The van der Waals surface area contributed by atoms with Gasteiger partial charge in [-0.15, -0.1) is 0 Å². The lowest BCUT2D eigenvalue weighted by Crippen LogP contribution is -2.59. The number of carbonyl (C=O) groups is 7. The summed E-state index contributed by atoms with van der Waals surface area (Å²) in [6.45, 7) is 22.4. The molecule has 79 heavy (non-hydrogen) atoms. The molecule has 1 aromatic carbocycles. The van der Waals surface area contributed by atoms with Gasteiger partial charge in [0.15, 0.2) is 0 Å². The summed E-state index contributed by atoms with van der Waals surface area (Å²) in [4.78, 5) is 98.0. The van der Waals surface area contributed by atoms with Crippen molar-refractivity contribution >= 4 is 57.4 Å². The van der Waals surface area contributed by atoms with Gasteiger partial charge in [0.2, 0.25) is 29.5 Å². The number of methoxy groups -OCH3 is 3. The first kappa shape index (κ1) is 69.5. The van der Waals surface area contributed by atoms with Crippen molar-refractivity contribution in [2.45, 2.75) is 168 Å². The molecular formula is C55H96N10O13S. The van der Waals surface area contributed by atoms with Crippen molar-refractivity contribution in [1.82, 2.24) is 40.7 Å². The zero-order valence-electron chi connectivity index (χ0n) is 50.2. The normalized spacial score (nSPS) is 16.8. The number of urea groups is 1. The van der Waals surface area contributed by atoms with E-state index in [4.69, 9.17) is 24.7 Å². The summed E-state index contributed by atoms with van der Waals surface area (Å²) in [6.07, 6.45) is 1.13. The molecule has 2 unspecified atom stereocenters. The maximum absolute atomic E-state index is 14.5. The van der Waals surface area contributed by atoms with E-state index < -0.39 is 99.9 Å². The number of carbonyl (C=O) groups excluding carboxylic acids is 7. The highest BCUT2D eigenvalue weighted by atomic mass is 32.2. The molecule has 23 nitrogen and oxygen atoms in total. The maximum Gasteiger partial charge on any atom is 0.408 e. The Morgan fingerprint density at radius 3 is 1.87 bits per heavy atom. The summed E-state index contributed by atoms with van der Waals surface area (Å²) in [5, 5.41) is 13.6. The number of benzene rings is 1. The summed E-state index contributed by atoms with van der Waals surface area (Å²) >= 11 is 0. The second kappa shape index (κ2) is 32.0. The largest absolute Gasteiger partial charge is 0.444 e. The van der Waals surface area contributed by atoms with Gasteiger partial charge in [-0.1, -0.05) is 74.8 Å². The molecule has 450 valence electrons. The molecule has 10 atom stereocenters. The fourth-order valence-electron chi connectivity index (χ4n) is 9.76. The Bertz CT molecular complexity index is 2300. The Morgan fingerprint density at radius 1 is 0.772 bits per heavy atom. The number of hydrogen-bond acceptors (Lipinski definition) is 15. The molecule has 0 radical (unpaired) electrons. The number of alkyl carbamates (subject to hydrolysis) is 1. The van der Waals surface area contributed by atoms with Crippen molar-refractivity contribution in [3.05, 3.63) is 36.0 Å². The number of amides is 8. The molecule has 0 saturated carbocycles. The van der Waals surface area contributed by atoms with Crippen LogP contribution in [0.3, 0.4) is 0 Å². The number of sulfonamides is 1. The average molecular weight is 1140 g/mol. The van der Waals surface area contributed by atoms with Gasteiger partial charge in [0.25, 0.3) is 10.0 Å². The minimum atomic E-state index is -4.46. The van der Waals surface area contributed by atoms with Gasteiger partial charge >= 0.3 is 12.1 Å². The third-order valence-corrected chi connectivity index (χ3v) is 15.5. The van der Waals surface area contributed by atoms with E-state index in [1.165, 1.54) is 31.4 Å². The Kier molecular flexibility index (Phi) is 28.2. The van der Waals surface area contributed by atoms with Gasteiger partial charge in [-0.25, -0.2) is 22.7 Å². The Balaban J connectivity index is 2.29. The van der Waals surface area contributed by atoms with Gasteiger partial charge in [-0.2, -0.15) is 0 Å². The van der Waals surface area contributed by atoms with E-state index in [0.717, 1.165) is 0 Å². The van der Waals surface area contributed by atoms with Crippen molar-refractivity contribution in [3.8, 4) is 0 Å². The van der Waals surface area contributed by atoms with Crippen LogP contribution in [-0.2, 0) is 52.9 Å². The van der Waals surface area contributed by atoms with E-state index in [0.29, 0.717) is 31.5 Å². The average Bonchev–Trinajstić information content (AvgIpc) is 3.83. The van der Waals surface area contributed by atoms with E-state index in [2.05, 4.69) is 31.3 Å². The van der Waals surface area contributed by atoms with Gasteiger partial charge in [0, 0.05) is 65.8 Å². The fourth-order valence-corrected chi connectivity index (χ4v) is 10.8. The van der Waals surface area contributed by atoms with Crippen LogP contribution in [0.2, 0.25) is 0 Å². The van der Waals surface area contributed by atoms with E-state index >= 15 is 0 Å². The van der Waals surface area contributed by atoms with Gasteiger partial charge in [0.1, 0.15) is 30.0 Å². The van der Waals surface area contributed by atoms with Crippen molar-refractivity contribution in [2.75, 3.05) is 67.4 Å². The van der Waals surface area contributed by atoms with Crippen LogP contribution in [-0.4, -0.2) is 175 Å². The van der Waals surface area contributed by atoms with E-state index in [-0.39, 0.29) is 72.0 Å². The molecule has 0 spiro atoms. The molecule has 0 aromatic heterocycles. The minimum Gasteiger partial charge on any atom is -0.444 e. The topological polar surface area (TPSA) is 298 Å². The highest BCUT2D eigenvalue weighted by molar-refractivity contribution is 7.90. The van der Waals surface area contributed by atoms with Crippen molar-refractivity contribution in [2.24, 2.45) is 41.2 Å². The fraction of sp³-hybridized carbons (Fsp3) is 0.727. The van der Waals surface area contributed by atoms with E-state index in [9.17, 15) is 42.0 Å². The lowest BCUT2D eigenvalue weighted by molar-refractivity contribution is -0.145. The van der Waals surface area contributed by atoms with Crippen LogP contribution in [0.25, 0.3) is 0 Å². The summed E-state index contributed by atoms with van der Waals surface area (Å²) in [6, 6.07) is 1.77. The zero-order valence-corrected chi connectivity index (χ0v) is 51.0. The van der Waals surface area contributed by atoms with E-state index in [1.54, 1.807) is 67.7 Å². The molecule has 1 aromatic rings. The summed E-state index contributed by atoms with van der Waals surface area (Å²) in [5.41, 5.74) is 5.24. The lowest BCUT2D eigenvalue weighted by atomic mass is 9.89. The number of nitrogens with one attached hydrogen (secondary N) is 6. The highest BCUT2D eigenvalue weighted by Gasteiger charge is 2.42. The van der Waals surface area contributed by atoms with Gasteiger partial charge < -0.3 is 61.1 Å². The molecule has 1 heterocycles. The predicted molar refractivity (Wildman–Crippen MR) is 302 cm³/mol. The molecule has 0 bridgehead atoms. The molecule has 2 rings (SSSR count). The van der Waals surface area contributed by atoms with Crippen molar-refractivity contribution in [1.29, 1.82) is 0 Å². The monoisotopic (exact) mass is 1140 g/mol. The zero-order chi connectivity index (χ0) is 60.3. The molecule has 0 aliphatic carbocycles. The third kappa shape index (κ3) is 21.1. The second-order valence-electron chi connectivity index (χ2n) is 22.7. The van der Waals surface area contributed by atoms with Crippen LogP contribution in [0.4, 0.5) is 15.3 Å². The van der Waals surface area contributed by atoms with Gasteiger partial charge in [-0.05, 0) is 102 Å². The Morgan fingerprint density at radius 2 is 1.38 bits per heavy atom. The molecular weight excluding hydrogens is 1040 g/mol. The molecule has 8 amide bonds. The van der Waals surface area contributed by atoms with Crippen LogP contribution < -0.4 is 37.0 Å². The highest BCUT2D eigenvalue weighted by Crippen LogP contribution is 2.32. The molecule has 0 fully saturated rings. The van der Waals surface area contributed by atoms with Gasteiger partial charge in [-0.3, -0.25) is 28.9 Å². The summed E-state index contributed by atoms with van der Waals surface area (Å²) in [7, 11) is 5.54. The number of anilines is 1. The number of hydrogen-bond donors (Lipinski definition) is 7. The molecule has 1 aliphatic rings. The quantitative estimate of drug-likeness (QED) is 0.0493. The number of ether oxygens (including phenoxy) is 4. The van der Waals surface area contributed by atoms with Crippen LogP contribution in [0.5, 0.6) is 0 Å².